The Morgan fingerprint density at radius 2 is 1.85 bits per heavy atom. The van der Waals surface area contributed by atoms with Crippen molar-refractivity contribution in [1.82, 2.24) is 10.2 Å². The van der Waals surface area contributed by atoms with E-state index in [0.717, 1.165) is 44.3 Å². The molecule has 5 nitrogen and oxygen atoms in total. The molecule has 0 spiro atoms. The number of hydrogen-bond donors (Lipinski definition) is 1. The molecule has 1 aliphatic rings. The number of halogens is 1. The zero-order valence-corrected chi connectivity index (χ0v) is 17.2. The summed E-state index contributed by atoms with van der Waals surface area (Å²) in [4.78, 5) is 14.4. The minimum Gasteiger partial charge on any atom is -0.339 e. The highest BCUT2D eigenvalue weighted by atomic mass is 35.5. The number of nitrogens with one attached hydrogen (secondary N) is 1. The van der Waals surface area contributed by atoms with E-state index < -0.39 is 9.84 Å². The Kier molecular flexibility index (Phi) is 10.2. The van der Waals surface area contributed by atoms with Gasteiger partial charge in [-0.2, -0.15) is 0 Å². The van der Waals surface area contributed by atoms with Gasteiger partial charge in [-0.3, -0.25) is 4.79 Å². The molecule has 0 bridgehead atoms. The number of piperidine rings is 1. The molecule has 1 heterocycles. The van der Waals surface area contributed by atoms with Crippen LogP contribution < -0.4 is 5.32 Å². The van der Waals surface area contributed by atoms with Gasteiger partial charge in [-0.25, -0.2) is 8.42 Å². The molecule has 1 amide bonds. The number of sulfone groups is 1. The van der Waals surface area contributed by atoms with E-state index in [0.29, 0.717) is 13.0 Å². The van der Waals surface area contributed by atoms with E-state index in [1.165, 1.54) is 0 Å². The molecule has 1 N–H and O–H groups in total. The van der Waals surface area contributed by atoms with Crippen LogP contribution in [0.25, 0.3) is 0 Å². The molecular weight excluding hydrogens is 372 g/mol. The summed E-state index contributed by atoms with van der Waals surface area (Å²) in [7, 11) is -3.36. The van der Waals surface area contributed by atoms with Crippen LogP contribution in [0.3, 0.4) is 0 Å². The molecule has 1 aliphatic heterocycles. The van der Waals surface area contributed by atoms with Gasteiger partial charge in [0.1, 0.15) is 5.75 Å². The average molecular weight is 403 g/mol. The quantitative estimate of drug-likeness (QED) is 0.688. The average Bonchev–Trinajstić information content (AvgIpc) is 2.60. The van der Waals surface area contributed by atoms with Gasteiger partial charge < -0.3 is 10.2 Å². The van der Waals surface area contributed by atoms with Crippen molar-refractivity contribution in [3.63, 3.8) is 0 Å². The molecule has 0 aliphatic carbocycles. The molecule has 0 unspecified atom stereocenters. The normalized spacial score (nSPS) is 15.3. The number of aryl methyl sites for hydroxylation is 1. The summed E-state index contributed by atoms with van der Waals surface area (Å²) in [6.45, 7) is 4.45. The van der Waals surface area contributed by atoms with Gasteiger partial charge in [-0.05, 0) is 50.8 Å². The van der Waals surface area contributed by atoms with Crippen LogP contribution in [0.4, 0.5) is 0 Å². The Morgan fingerprint density at radius 3 is 2.46 bits per heavy atom. The van der Waals surface area contributed by atoms with Crippen LogP contribution >= 0.6 is 12.4 Å². The molecule has 2 rings (SSSR count). The molecule has 26 heavy (non-hydrogen) atoms. The highest BCUT2D eigenvalue weighted by Crippen LogP contribution is 2.14. The van der Waals surface area contributed by atoms with E-state index in [9.17, 15) is 13.2 Å². The number of amides is 1. The first-order valence-electron chi connectivity index (χ1n) is 9.26. The highest BCUT2D eigenvalue weighted by Gasteiger charge is 2.27. The summed E-state index contributed by atoms with van der Waals surface area (Å²) in [5.74, 6) is -0.514. The van der Waals surface area contributed by atoms with Crippen molar-refractivity contribution in [3.05, 3.63) is 35.9 Å². The maximum atomic E-state index is 12.6. The van der Waals surface area contributed by atoms with Gasteiger partial charge >= 0.3 is 0 Å². The standard InChI is InChI=1S/C19H30N2O3S.ClH/c1-2-14-21(18-10-12-20-13-11-18)19(22)16-25(23,24)15-6-9-17-7-4-3-5-8-17;/h3-5,7-8,18,20H,2,6,9-16H2,1H3;1H. The molecule has 1 fully saturated rings. The second kappa shape index (κ2) is 11.6. The fraction of sp³-hybridized carbons (Fsp3) is 0.632. The predicted octanol–water partition coefficient (Wildman–Crippen LogP) is 2.45. The Hall–Kier alpha value is -1.11. The van der Waals surface area contributed by atoms with Crippen LogP contribution in [-0.2, 0) is 21.1 Å². The molecule has 0 radical (unpaired) electrons. The van der Waals surface area contributed by atoms with Crippen molar-refractivity contribution in [2.75, 3.05) is 31.1 Å². The van der Waals surface area contributed by atoms with Crippen molar-refractivity contribution in [2.24, 2.45) is 0 Å². The smallest absolute Gasteiger partial charge is 0.238 e. The molecule has 1 saturated heterocycles. The second-order valence-corrected chi connectivity index (χ2v) is 8.93. The van der Waals surface area contributed by atoms with Crippen molar-refractivity contribution in [2.45, 2.75) is 45.1 Å². The maximum absolute atomic E-state index is 12.6. The number of carbonyl (C=O) groups is 1. The molecule has 1 aromatic carbocycles. The van der Waals surface area contributed by atoms with E-state index in [1.54, 1.807) is 4.90 Å². The topological polar surface area (TPSA) is 66.5 Å². The fourth-order valence-electron chi connectivity index (χ4n) is 3.35. The van der Waals surface area contributed by atoms with Crippen LogP contribution in [0, 0.1) is 0 Å². The highest BCUT2D eigenvalue weighted by molar-refractivity contribution is 7.92. The molecule has 0 saturated carbocycles. The van der Waals surface area contributed by atoms with E-state index in [2.05, 4.69) is 5.32 Å². The SMILES string of the molecule is CCCN(C(=O)CS(=O)(=O)CCCc1ccccc1)C1CCNCC1.Cl. The lowest BCUT2D eigenvalue weighted by Gasteiger charge is -2.34. The summed E-state index contributed by atoms with van der Waals surface area (Å²) in [5, 5.41) is 3.29. The first kappa shape index (κ1) is 22.9. The zero-order chi connectivity index (χ0) is 18.1. The molecule has 148 valence electrons. The predicted molar refractivity (Wildman–Crippen MR) is 109 cm³/mol. The molecule has 1 aromatic rings. The molecule has 7 heteroatoms. The lowest BCUT2D eigenvalue weighted by Crippen LogP contribution is -2.48. The minimum atomic E-state index is -3.36. The number of hydrogen-bond acceptors (Lipinski definition) is 4. The number of rotatable bonds is 9. The summed E-state index contributed by atoms with van der Waals surface area (Å²) >= 11 is 0. The summed E-state index contributed by atoms with van der Waals surface area (Å²) < 4.78 is 24.7. The third-order valence-electron chi connectivity index (χ3n) is 4.64. The minimum absolute atomic E-state index is 0. The number of carbonyl (C=O) groups excluding carboxylic acids is 1. The van der Waals surface area contributed by atoms with Crippen LogP contribution in [0.2, 0.25) is 0 Å². The van der Waals surface area contributed by atoms with Gasteiger partial charge in [-0.1, -0.05) is 37.3 Å². The third kappa shape index (κ3) is 7.64. The zero-order valence-electron chi connectivity index (χ0n) is 15.5. The van der Waals surface area contributed by atoms with E-state index in [1.807, 2.05) is 37.3 Å². The molecule has 0 atom stereocenters. The van der Waals surface area contributed by atoms with Gasteiger partial charge in [0.15, 0.2) is 9.84 Å². The molecule has 0 aromatic heterocycles. The first-order chi connectivity index (χ1) is 12.0. The summed E-state index contributed by atoms with van der Waals surface area (Å²) in [6, 6.07) is 10.0. The van der Waals surface area contributed by atoms with E-state index >= 15 is 0 Å². The van der Waals surface area contributed by atoms with Gasteiger partial charge in [0.2, 0.25) is 5.91 Å². The Bertz CT molecular complexity index is 631. The van der Waals surface area contributed by atoms with Crippen LogP contribution in [-0.4, -0.2) is 56.4 Å². The summed E-state index contributed by atoms with van der Waals surface area (Å²) in [5.41, 5.74) is 1.13. The monoisotopic (exact) mass is 402 g/mol. The number of benzene rings is 1. The van der Waals surface area contributed by atoms with Gasteiger partial charge in [-0.15, -0.1) is 12.4 Å². The third-order valence-corrected chi connectivity index (χ3v) is 6.24. The maximum Gasteiger partial charge on any atom is 0.238 e. The van der Waals surface area contributed by atoms with Gasteiger partial charge in [0.25, 0.3) is 0 Å². The fourth-order valence-corrected chi connectivity index (χ4v) is 4.62. The Morgan fingerprint density at radius 1 is 1.19 bits per heavy atom. The van der Waals surface area contributed by atoms with Gasteiger partial charge in [0.05, 0.1) is 5.75 Å². The van der Waals surface area contributed by atoms with E-state index in [-0.39, 0.29) is 35.9 Å². The lowest BCUT2D eigenvalue weighted by molar-refractivity contribution is -0.131. The van der Waals surface area contributed by atoms with Crippen LogP contribution in [0.15, 0.2) is 30.3 Å². The first-order valence-corrected chi connectivity index (χ1v) is 11.1. The second-order valence-electron chi connectivity index (χ2n) is 6.75. The number of nitrogens with zero attached hydrogens (tertiary/aromatic N) is 1. The Balaban J connectivity index is 0.00000338. The largest absolute Gasteiger partial charge is 0.339 e. The van der Waals surface area contributed by atoms with Crippen molar-refractivity contribution in [3.8, 4) is 0 Å². The summed E-state index contributed by atoms with van der Waals surface area (Å²) in [6.07, 6.45) is 3.94. The van der Waals surface area contributed by atoms with Crippen molar-refractivity contribution >= 4 is 28.2 Å². The van der Waals surface area contributed by atoms with Crippen LogP contribution in [0.1, 0.15) is 38.2 Å². The Labute approximate surface area is 163 Å². The van der Waals surface area contributed by atoms with Crippen molar-refractivity contribution < 1.29 is 13.2 Å². The van der Waals surface area contributed by atoms with Gasteiger partial charge in [0, 0.05) is 12.6 Å². The van der Waals surface area contributed by atoms with Crippen molar-refractivity contribution in [1.29, 1.82) is 0 Å². The van der Waals surface area contributed by atoms with E-state index in [4.69, 9.17) is 0 Å². The van der Waals surface area contributed by atoms with Crippen LogP contribution in [0.5, 0.6) is 0 Å². The molecular formula is C19H31ClN2O3S. The lowest BCUT2D eigenvalue weighted by atomic mass is 10.0.